The van der Waals surface area contributed by atoms with E-state index < -0.39 is 5.97 Å². The van der Waals surface area contributed by atoms with Crippen LogP contribution in [0.5, 0.6) is 5.75 Å². The Morgan fingerprint density at radius 1 is 0.947 bits per heavy atom. The maximum Gasteiger partial charge on any atom is 0.338 e. The summed E-state index contributed by atoms with van der Waals surface area (Å²) in [6.45, 7) is 4.22. The zero-order chi connectivity index (χ0) is 26.6. The maximum absolute atomic E-state index is 13.0. The molecule has 1 amide bonds. The molecule has 2 heterocycles. The van der Waals surface area contributed by atoms with E-state index >= 15 is 0 Å². The number of esters is 1. The molecule has 0 aliphatic carbocycles. The summed E-state index contributed by atoms with van der Waals surface area (Å²) in [6, 6.07) is 24.4. The van der Waals surface area contributed by atoms with Crippen LogP contribution in [0.3, 0.4) is 0 Å². The maximum atomic E-state index is 13.0. The van der Waals surface area contributed by atoms with Gasteiger partial charge >= 0.3 is 5.97 Å². The van der Waals surface area contributed by atoms with Crippen molar-refractivity contribution in [3.8, 4) is 5.75 Å². The molecule has 0 atom stereocenters. The van der Waals surface area contributed by atoms with Crippen LogP contribution >= 0.6 is 0 Å². The summed E-state index contributed by atoms with van der Waals surface area (Å²) in [7, 11) is 1.35. The van der Waals surface area contributed by atoms with Gasteiger partial charge in [0.05, 0.1) is 36.3 Å². The lowest BCUT2D eigenvalue weighted by Gasteiger charge is -2.10. The first-order chi connectivity index (χ1) is 18.4. The summed E-state index contributed by atoms with van der Waals surface area (Å²) >= 11 is 0. The molecule has 192 valence electrons. The quantitative estimate of drug-likeness (QED) is 0.261. The first kappa shape index (κ1) is 24.8. The van der Waals surface area contributed by atoms with Crippen LogP contribution in [-0.2, 0) is 17.9 Å². The van der Waals surface area contributed by atoms with E-state index in [4.69, 9.17) is 13.9 Å². The van der Waals surface area contributed by atoms with Gasteiger partial charge < -0.3 is 19.2 Å². The van der Waals surface area contributed by atoms with E-state index in [1.54, 1.807) is 28.9 Å². The third kappa shape index (κ3) is 5.01. The molecule has 8 nitrogen and oxygen atoms in total. The van der Waals surface area contributed by atoms with Crippen LogP contribution in [-0.4, -0.2) is 28.8 Å². The third-order valence-corrected chi connectivity index (χ3v) is 6.37. The number of hydrogen-bond donors (Lipinski definition) is 1. The van der Waals surface area contributed by atoms with Gasteiger partial charge in [-0.15, -0.1) is 0 Å². The van der Waals surface area contributed by atoms with Crippen LogP contribution in [0.25, 0.3) is 10.8 Å². The molecular weight excluding hydrogens is 482 g/mol. The van der Waals surface area contributed by atoms with Gasteiger partial charge in [0.15, 0.2) is 5.76 Å². The van der Waals surface area contributed by atoms with Gasteiger partial charge in [-0.05, 0) is 49.1 Å². The van der Waals surface area contributed by atoms with E-state index in [2.05, 4.69) is 10.4 Å². The molecule has 0 saturated heterocycles. The Morgan fingerprint density at radius 3 is 2.55 bits per heavy atom. The van der Waals surface area contributed by atoms with Gasteiger partial charge in [-0.1, -0.05) is 54.6 Å². The molecule has 3 aromatic carbocycles. The summed E-state index contributed by atoms with van der Waals surface area (Å²) < 4.78 is 18.4. The van der Waals surface area contributed by atoms with Gasteiger partial charge in [0.25, 0.3) is 5.91 Å². The number of furan rings is 1. The zero-order valence-corrected chi connectivity index (χ0v) is 21.4. The fraction of sp³-hybridized carbons (Fsp3) is 0.167. The van der Waals surface area contributed by atoms with Gasteiger partial charge in [-0.3, -0.25) is 9.48 Å². The molecule has 0 unspecified atom stereocenters. The molecule has 0 fully saturated rings. The number of ether oxygens (including phenoxy) is 2. The Balaban J connectivity index is 1.28. The van der Waals surface area contributed by atoms with Crippen molar-refractivity contribution < 1.29 is 23.5 Å². The number of aryl methyl sites for hydroxylation is 1. The lowest BCUT2D eigenvalue weighted by atomic mass is 10.1. The van der Waals surface area contributed by atoms with Gasteiger partial charge in [0, 0.05) is 5.39 Å². The topological polar surface area (TPSA) is 95.6 Å². The summed E-state index contributed by atoms with van der Waals surface area (Å²) in [4.78, 5) is 25.1. The third-order valence-electron chi connectivity index (χ3n) is 6.37. The van der Waals surface area contributed by atoms with E-state index in [1.807, 2.05) is 68.4 Å². The highest BCUT2D eigenvalue weighted by Gasteiger charge is 2.19. The van der Waals surface area contributed by atoms with Gasteiger partial charge in [0.1, 0.15) is 18.1 Å². The number of rotatable bonds is 8. The Kier molecular flexibility index (Phi) is 6.95. The average molecular weight is 510 g/mol. The van der Waals surface area contributed by atoms with Crippen LogP contribution in [0, 0.1) is 13.8 Å². The molecule has 2 aromatic heterocycles. The number of fused-ring (bicyclic) bond motifs is 1. The van der Waals surface area contributed by atoms with Crippen molar-refractivity contribution in [2.75, 3.05) is 12.4 Å². The highest BCUT2D eigenvalue weighted by Crippen LogP contribution is 2.27. The fourth-order valence-corrected chi connectivity index (χ4v) is 4.38. The van der Waals surface area contributed by atoms with E-state index in [0.29, 0.717) is 29.2 Å². The molecule has 0 radical (unpaired) electrons. The molecule has 38 heavy (non-hydrogen) atoms. The normalized spacial score (nSPS) is 10.9. The molecule has 0 aliphatic heterocycles. The minimum Gasteiger partial charge on any atom is -0.485 e. The SMILES string of the molecule is COC(=O)c1ccccc1Cn1nc(C)c(NC(=O)c2ccc(COc3cccc4ccccc34)o2)c1C. The lowest BCUT2D eigenvalue weighted by Crippen LogP contribution is -2.13. The Morgan fingerprint density at radius 2 is 1.71 bits per heavy atom. The predicted octanol–water partition coefficient (Wildman–Crippen LogP) is 5.91. The highest BCUT2D eigenvalue weighted by molar-refractivity contribution is 6.03. The van der Waals surface area contributed by atoms with Gasteiger partial charge in [-0.25, -0.2) is 4.79 Å². The summed E-state index contributed by atoms with van der Waals surface area (Å²) in [6.07, 6.45) is 0. The zero-order valence-electron chi connectivity index (χ0n) is 21.4. The minimum absolute atomic E-state index is 0.170. The average Bonchev–Trinajstić information content (AvgIpc) is 3.52. The van der Waals surface area contributed by atoms with E-state index in [-0.39, 0.29) is 18.3 Å². The second-order valence-electron chi connectivity index (χ2n) is 8.84. The second-order valence-corrected chi connectivity index (χ2v) is 8.84. The smallest absolute Gasteiger partial charge is 0.338 e. The van der Waals surface area contributed by atoms with Crippen LogP contribution in [0.15, 0.2) is 83.3 Å². The van der Waals surface area contributed by atoms with Crippen molar-refractivity contribution in [2.24, 2.45) is 0 Å². The molecular formula is C30H27N3O5. The van der Waals surface area contributed by atoms with E-state index in [0.717, 1.165) is 27.8 Å². The second kappa shape index (κ2) is 10.6. The van der Waals surface area contributed by atoms with Crippen LogP contribution in [0.2, 0.25) is 0 Å². The van der Waals surface area contributed by atoms with E-state index in [1.165, 1.54) is 7.11 Å². The summed E-state index contributed by atoms with van der Waals surface area (Å²) in [5, 5.41) is 9.58. The summed E-state index contributed by atoms with van der Waals surface area (Å²) in [5.41, 5.74) is 3.24. The lowest BCUT2D eigenvalue weighted by molar-refractivity contribution is 0.0599. The Labute approximate surface area is 219 Å². The number of benzene rings is 3. The monoisotopic (exact) mass is 509 g/mol. The number of nitrogens with one attached hydrogen (secondary N) is 1. The van der Waals surface area contributed by atoms with Crippen LogP contribution in [0.4, 0.5) is 5.69 Å². The van der Waals surface area contributed by atoms with Crippen molar-refractivity contribution in [3.63, 3.8) is 0 Å². The fourth-order valence-electron chi connectivity index (χ4n) is 4.38. The Hall–Kier alpha value is -4.85. The number of aromatic nitrogens is 2. The highest BCUT2D eigenvalue weighted by atomic mass is 16.5. The molecule has 0 bridgehead atoms. The molecule has 0 aliphatic rings. The van der Waals surface area contributed by atoms with Gasteiger partial charge in [0.2, 0.25) is 0 Å². The van der Waals surface area contributed by atoms with Crippen molar-refractivity contribution in [2.45, 2.75) is 27.0 Å². The van der Waals surface area contributed by atoms with Gasteiger partial charge in [-0.2, -0.15) is 5.10 Å². The summed E-state index contributed by atoms with van der Waals surface area (Å²) in [5.74, 6) is 0.657. The van der Waals surface area contributed by atoms with Crippen molar-refractivity contribution in [1.82, 2.24) is 9.78 Å². The Bertz CT molecular complexity index is 1630. The number of amides is 1. The molecule has 1 N–H and O–H groups in total. The van der Waals surface area contributed by atoms with E-state index in [9.17, 15) is 9.59 Å². The van der Waals surface area contributed by atoms with Crippen LogP contribution in [0.1, 0.15) is 43.6 Å². The number of methoxy groups -OCH3 is 1. The number of hydrogen-bond acceptors (Lipinski definition) is 6. The largest absolute Gasteiger partial charge is 0.485 e. The first-order valence-corrected chi connectivity index (χ1v) is 12.2. The molecule has 0 spiro atoms. The number of carbonyl (C=O) groups excluding carboxylic acids is 2. The molecule has 5 rings (SSSR count). The van der Waals surface area contributed by atoms with Crippen molar-refractivity contribution in [3.05, 3.63) is 113 Å². The van der Waals surface area contributed by atoms with Crippen molar-refractivity contribution >= 4 is 28.3 Å². The minimum atomic E-state index is -0.409. The molecule has 0 saturated carbocycles. The number of nitrogens with zero attached hydrogens (tertiary/aromatic N) is 2. The predicted molar refractivity (Wildman–Crippen MR) is 144 cm³/mol. The van der Waals surface area contributed by atoms with Crippen molar-refractivity contribution in [1.29, 1.82) is 0 Å². The van der Waals surface area contributed by atoms with Crippen LogP contribution < -0.4 is 10.1 Å². The standard InChI is InChI=1S/C30H27N3O5/c1-19-28(20(2)33(32-19)17-22-10-5-7-13-25(22)30(35)36-3)31-29(34)27-16-15-23(38-27)18-37-26-14-8-11-21-9-4-6-12-24(21)26/h4-16H,17-18H2,1-3H3,(H,31,34). The number of carbonyl (C=O) groups is 2. The first-order valence-electron chi connectivity index (χ1n) is 12.2. The molecule has 8 heteroatoms. The molecule has 5 aromatic rings. The number of anilines is 1.